The van der Waals surface area contributed by atoms with E-state index in [0.29, 0.717) is 0 Å². The molecule has 0 amide bonds. The zero-order valence-corrected chi connectivity index (χ0v) is 11.0. The monoisotopic (exact) mass is 157 g/mol. The quantitative estimate of drug-likeness (QED) is 0.456. The number of hydrogen-bond acceptors (Lipinski definition) is 2. The maximum absolute atomic E-state index is 2.00. The van der Waals surface area contributed by atoms with E-state index in [1.54, 1.807) is 0 Å². The first-order chi connectivity index (χ1) is 3.46. The van der Waals surface area contributed by atoms with Gasteiger partial charge in [0.1, 0.15) is 0 Å². The van der Waals surface area contributed by atoms with Gasteiger partial charge in [0.15, 0.2) is 0 Å². The molecule has 0 aromatic rings. The van der Waals surface area contributed by atoms with Gasteiger partial charge in [-0.15, -0.1) is 0 Å². The Balaban J connectivity index is -0.0000000720. The van der Waals surface area contributed by atoms with Gasteiger partial charge in [-0.05, 0) is 42.3 Å². The molecule has 0 saturated heterocycles. The molecule has 3 heteroatoms. The fraction of sp³-hybridized carbons (Fsp3) is 1.00. The molecule has 0 atom stereocenters. The second-order valence-electron chi connectivity index (χ2n) is 2.68. The Morgan fingerprint density at radius 3 is 0.556 bits per heavy atom. The van der Waals surface area contributed by atoms with Crippen LogP contribution in [0.3, 0.4) is 0 Å². The van der Waals surface area contributed by atoms with E-state index in [4.69, 9.17) is 0 Å². The van der Waals surface area contributed by atoms with Gasteiger partial charge >= 0.3 is 0 Å². The van der Waals surface area contributed by atoms with Crippen LogP contribution >= 0.6 is 0 Å². The van der Waals surface area contributed by atoms with Crippen LogP contribution in [-0.2, 0) is 0 Å². The fourth-order valence-electron chi connectivity index (χ4n) is 0. The van der Waals surface area contributed by atoms with E-state index in [0.717, 1.165) is 0 Å². The minimum atomic E-state index is 0. The van der Waals surface area contributed by atoms with E-state index in [1.165, 1.54) is 0 Å². The van der Waals surface area contributed by atoms with Gasteiger partial charge in [0.2, 0.25) is 0 Å². The average molecular weight is 157 g/mol. The van der Waals surface area contributed by atoms with Crippen molar-refractivity contribution >= 4 is 51.4 Å². The van der Waals surface area contributed by atoms with E-state index in [-0.39, 0.29) is 51.4 Å². The van der Waals surface area contributed by atoms with E-state index in [9.17, 15) is 0 Å². The molecule has 0 N–H and O–H groups in total. The van der Waals surface area contributed by atoms with Gasteiger partial charge in [-0.2, -0.15) is 0 Å². The normalized spacial score (nSPS) is 8.00. The number of rotatable bonds is 0. The Bertz CT molecular complexity index is 26.5. The molecule has 0 saturated carbocycles. The van der Waals surface area contributed by atoms with Crippen molar-refractivity contribution in [1.29, 1.82) is 0 Å². The molecule has 1 radical (unpaired) electrons. The van der Waals surface area contributed by atoms with Crippen LogP contribution in [0.15, 0.2) is 0 Å². The predicted molar refractivity (Wildman–Crippen MR) is 45.0 cm³/mol. The molecule has 0 aliphatic heterocycles. The summed E-state index contributed by atoms with van der Waals surface area (Å²) < 4.78 is 0. The van der Waals surface area contributed by atoms with Crippen molar-refractivity contribution in [2.24, 2.45) is 0 Å². The Morgan fingerprint density at radius 1 is 0.556 bits per heavy atom. The minimum Gasteiger partial charge on any atom is -0.312 e. The summed E-state index contributed by atoms with van der Waals surface area (Å²) >= 11 is 0. The second-order valence-corrected chi connectivity index (χ2v) is 2.68. The van der Waals surface area contributed by atoms with Gasteiger partial charge in [0, 0.05) is 51.4 Å². The Kier molecular flexibility index (Phi) is 23.0. The average Bonchev–Trinajstić information content (AvgIpc) is 1.25. The van der Waals surface area contributed by atoms with Gasteiger partial charge in [-0.3, -0.25) is 0 Å². The molecule has 0 aromatic heterocycles. The van der Waals surface area contributed by atoms with Crippen LogP contribution in [0, 0.1) is 0 Å². The number of nitrogens with zero attached hydrogens (tertiary/aromatic N) is 2. The van der Waals surface area contributed by atoms with Crippen molar-refractivity contribution in [3.8, 4) is 0 Å². The molecule has 53 valence electrons. The summed E-state index contributed by atoms with van der Waals surface area (Å²) in [5.74, 6) is 0. The molecule has 0 aromatic carbocycles. The van der Waals surface area contributed by atoms with E-state index in [2.05, 4.69) is 0 Å². The summed E-state index contributed by atoms with van der Waals surface area (Å²) in [6, 6.07) is 0. The van der Waals surface area contributed by atoms with Crippen molar-refractivity contribution in [3.63, 3.8) is 0 Å². The van der Waals surface area contributed by atoms with Gasteiger partial charge in [-0.25, -0.2) is 0 Å². The van der Waals surface area contributed by atoms with Crippen LogP contribution in [0.5, 0.6) is 0 Å². The smallest absolute Gasteiger partial charge is 0 e. The first-order valence-electron chi connectivity index (χ1n) is 2.68. The van der Waals surface area contributed by atoms with Gasteiger partial charge in [0.25, 0.3) is 0 Å². The molecule has 0 unspecified atom stereocenters. The third-order valence-corrected chi connectivity index (χ3v) is 0. The Hall–Kier alpha value is 1.56. The van der Waals surface area contributed by atoms with E-state index < -0.39 is 0 Å². The maximum Gasteiger partial charge on any atom is 0 e. The molecular weight excluding hydrogens is 139 g/mol. The molecule has 2 nitrogen and oxygen atoms in total. The van der Waals surface area contributed by atoms with Gasteiger partial charge in [-0.1, -0.05) is 0 Å². The Morgan fingerprint density at radius 2 is 0.556 bits per heavy atom. The molecule has 0 aliphatic rings. The Labute approximate surface area is 102 Å². The second kappa shape index (κ2) is 12.3. The summed E-state index contributed by atoms with van der Waals surface area (Å²) in [4.78, 5) is 4.00. The summed E-state index contributed by atoms with van der Waals surface area (Å²) in [5.41, 5.74) is 0. The third-order valence-electron chi connectivity index (χ3n) is 0. The van der Waals surface area contributed by atoms with Crippen molar-refractivity contribution in [1.82, 2.24) is 9.80 Å². The molecular formula is C6H18KN2. The summed E-state index contributed by atoms with van der Waals surface area (Å²) in [6.07, 6.45) is 0. The van der Waals surface area contributed by atoms with Crippen molar-refractivity contribution in [2.75, 3.05) is 42.3 Å². The third kappa shape index (κ3) is 225. The van der Waals surface area contributed by atoms with Gasteiger partial charge in [0.05, 0.1) is 0 Å². The van der Waals surface area contributed by atoms with Crippen LogP contribution in [0.2, 0.25) is 0 Å². The predicted octanol–water partition coefficient (Wildman–Crippen LogP) is -0.0252. The van der Waals surface area contributed by atoms with Crippen molar-refractivity contribution in [3.05, 3.63) is 0 Å². The summed E-state index contributed by atoms with van der Waals surface area (Å²) in [7, 11) is 12.0. The molecule has 0 spiro atoms. The van der Waals surface area contributed by atoms with E-state index >= 15 is 0 Å². The maximum atomic E-state index is 2.00. The zero-order chi connectivity index (χ0) is 7.15. The summed E-state index contributed by atoms with van der Waals surface area (Å²) in [5, 5.41) is 0. The minimum absolute atomic E-state index is 0. The van der Waals surface area contributed by atoms with Crippen LogP contribution < -0.4 is 0 Å². The van der Waals surface area contributed by atoms with E-state index in [1.807, 2.05) is 52.1 Å². The molecule has 0 heterocycles. The largest absolute Gasteiger partial charge is 0.312 e. The molecule has 0 aliphatic carbocycles. The van der Waals surface area contributed by atoms with Crippen molar-refractivity contribution in [2.45, 2.75) is 0 Å². The zero-order valence-electron chi connectivity index (χ0n) is 7.89. The molecule has 0 rings (SSSR count). The first-order valence-corrected chi connectivity index (χ1v) is 2.68. The fourth-order valence-corrected chi connectivity index (χ4v) is 0. The first kappa shape index (κ1) is 16.9. The topological polar surface area (TPSA) is 6.48 Å². The molecule has 0 bridgehead atoms. The SMILES string of the molecule is CN(C)C.CN(C)C.[K]. The van der Waals surface area contributed by atoms with Crippen LogP contribution in [0.25, 0.3) is 0 Å². The van der Waals surface area contributed by atoms with Crippen LogP contribution in [-0.4, -0.2) is 103 Å². The molecule has 0 fully saturated rings. The standard InChI is InChI=1S/2C3H9N.K/c2*1-4(2)3;/h2*1-3H3;. The molecule has 9 heavy (non-hydrogen) atoms. The van der Waals surface area contributed by atoms with Gasteiger partial charge < -0.3 is 9.80 Å². The summed E-state index contributed by atoms with van der Waals surface area (Å²) in [6.45, 7) is 0. The van der Waals surface area contributed by atoms with Crippen LogP contribution in [0.4, 0.5) is 0 Å². The number of hydrogen-bond donors (Lipinski definition) is 0. The van der Waals surface area contributed by atoms with Crippen LogP contribution in [0.1, 0.15) is 0 Å². The van der Waals surface area contributed by atoms with Crippen molar-refractivity contribution < 1.29 is 0 Å².